The van der Waals surface area contributed by atoms with Gasteiger partial charge in [0.25, 0.3) is 0 Å². The summed E-state index contributed by atoms with van der Waals surface area (Å²) in [5.74, 6) is 0. The molecule has 0 amide bonds. The standard InChI is InChI=1S/C14H18F6O2Si/c1-4-21-23(3,22-5-2)9-10-6-11(13(15,16)17)8-12(7-10)14(18,19)20/h6-8H,4-5,9H2,1-3H3. The number of halogens is 6. The van der Waals surface area contributed by atoms with E-state index >= 15 is 0 Å². The Morgan fingerprint density at radius 1 is 0.826 bits per heavy atom. The van der Waals surface area contributed by atoms with Gasteiger partial charge in [0.05, 0.1) is 11.1 Å². The van der Waals surface area contributed by atoms with E-state index in [9.17, 15) is 26.3 Å². The van der Waals surface area contributed by atoms with Crippen LogP contribution in [0.25, 0.3) is 0 Å². The van der Waals surface area contributed by atoms with Crippen molar-refractivity contribution in [3.8, 4) is 0 Å². The number of rotatable bonds is 6. The lowest BCUT2D eigenvalue weighted by atomic mass is 10.1. The Kier molecular flexibility index (Phi) is 6.28. The van der Waals surface area contributed by atoms with Gasteiger partial charge in [0.15, 0.2) is 0 Å². The highest BCUT2D eigenvalue weighted by atomic mass is 28.4. The summed E-state index contributed by atoms with van der Waals surface area (Å²) >= 11 is 0. The zero-order chi connectivity index (χ0) is 17.9. The van der Waals surface area contributed by atoms with Gasteiger partial charge in [0.1, 0.15) is 0 Å². The molecule has 132 valence electrons. The first-order valence-corrected chi connectivity index (χ1v) is 9.50. The van der Waals surface area contributed by atoms with E-state index in [4.69, 9.17) is 8.85 Å². The van der Waals surface area contributed by atoms with Gasteiger partial charge >= 0.3 is 20.9 Å². The maximum atomic E-state index is 12.8. The molecule has 0 aliphatic heterocycles. The highest BCUT2D eigenvalue weighted by Gasteiger charge is 2.38. The minimum Gasteiger partial charge on any atom is -0.394 e. The summed E-state index contributed by atoms with van der Waals surface area (Å²) in [7, 11) is -2.89. The molecule has 2 nitrogen and oxygen atoms in total. The molecule has 0 N–H and O–H groups in total. The molecule has 0 radical (unpaired) electrons. The highest BCUT2D eigenvalue weighted by molar-refractivity contribution is 6.65. The predicted molar refractivity (Wildman–Crippen MR) is 75.0 cm³/mol. The molecule has 1 rings (SSSR count). The van der Waals surface area contributed by atoms with E-state index in [1.807, 2.05) is 0 Å². The third kappa shape index (κ3) is 5.81. The van der Waals surface area contributed by atoms with E-state index in [2.05, 4.69) is 0 Å². The molecule has 0 saturated heterocycles. The van der Waals surface area contributed by atoms with Crippen LogP contribution in [0.4, 0.5) is 26.3 Å². The molecular weight excluding hydrogens is 342 g/mol. The van der Waals surface area contributed by atoms with Crippen molar-refractivity contribution in [2.45, 2.75) is 38.8 Å². The number of benzene rings is 1. The molecule has 0 aliphatic carbocycles. The van der Waals surface area contributed by atoms with Crippen molar-refractivity contribution < 1.29 is 35.2 Å². The average Bonchev–Trinajstić information content (AvgIpc) is 2.36. The summed E-state index contributed by atoms with van der Waals surface area (Å²) in [5.41, 5.74) is -2.75. The first-order valence-electron chi connectivity index (χ1n) is 6.97. The Morgan fingerprint density at radius 3 is 1.52 bits per heavy atom. The fraction of sp³-hybridized carbons (Fsp3) is 0.571. The molecule has 0 heterocycles. The third-order valence-electron chi connectivity index (χ3n) is 3.07. The number of alkyl halides is 6. The minimum atomic E-state index is -4.86. The fourth-order valence-electron chi connectivity index (χ4n) is 2.25. The Labute approximate surface area is 131 Å². The van der Waals surface area contributed by atoms with Crippen LogP contribution in [0.15, 0.2) is 18.2 Å². The van der Waals surface area contributed by atoms with E-state index in [0.717, 1.165) is 12.1 Å². The summed E-state index contributed by atoms with van der Waals surface area (Å²) in [5, 5.41) is 0. The summed E-state index contributed by atoms with van der Waals surface area (Å²) in [6.07, 6.45) is -9.71. The maximum absolute atomic E-state index is 12.8. The lowest BCUT2D eigenvalue weighted by Gasteiger charge is -2.26. The second-order valence-corrected chi connectivity index (χ2v) is 8.29. The first-order chi connectivity index (χ1) is 10.4. The van der Waals surface area contributed by atoms with Crippen molar-refractivity contribution in [1.29, 1.82) is 0 Å². The minimum absolute atomic E-state index is 0.0942. The number of hydrogen-bond acceptors (Lipinski definition) is 2. The van der Waals surface area contributed by atoms with Crippen molar-refractivity contribution in [2.75, 3.05) is 13.2 Å². The van der Waals surface area contributed by atoms with E-state index in [0.29, 0.717) is 0 Å². The Bertz CT molecular complexity index is 489. The van der Waals surface area contributed by atoms with E-state index in [1.54, 1.807) is 20.4 Å². The normalized spacial score (nSPS) is 13.4. The van der Waals surface area contributed by atoms with Gasteiger partial charge in [0, 0.05) is 19.3 Å². The summed E-state index contributed by atoms with van der Waals surface area (Å²) in [6, 6.07) is 1.46. The molecule has 0 aliphatic rings. The summed E-state index contributed by atoms with van der Waals surface area (Å²) in [6.45, 7) is 5.55. The second kappa shape index (κ2) is 7.23. The lowest BCUT2D eigenvalue weighted by Crippen LogP contribution is -2.42. The van der Waals surface area contributed by atoms with Crippen LogP contribution < -0.4 is 0 Å². The largest absolute Gasteiger partial charge is 0.416 e. The van der Waals surface area contributed by atoms with Crippen molar-refractivity contribution in [2.24, 2.45) is 0 Å². The van der Waals surface area contributed by atoms with Crippen LogP contribution in [0, 0.1) is 0 Å². The van der Waals surface area contributed by atoms with Crippen molar-refractivity contribution in [3.05, 3.63) is 34.9 Å². The highest BCUT2D eigenvalue weighted by Crippen LogP contribution is 2.36. The predicted octanol–water partition coefficient (Wildman–Crippen LogP) is 4.95. The molecule has 1 aromatic rings. The maximum Gasteiger partial charge on any atom is 0.416 e. The van der Waals surface area contributed by atoms with Gasteiger partial charge < -0.3 is 8.85 Å². The summed E-state index contributed by atoms with van der Waals surface area (Å²) in [4.78, 5) is 0. The topological polar surface area (TPSA) is 18.5 Å². The molecule has 1 aromatic carbocycles. The van der Waals surface area contributed by atoms with Crippen LogP contribution in [-0.2, 0) is 27.2 Å². The average molecular weight is 360 g/mol. The summed E-state index contributed by atoms with van der Waals surface area (Å²) < 4.78 is 88.0. The fourth-order valence-corrected chi connectivity index (χ4v) is 4.70. The molecule has 23 heavy (non-hydrogen) atoms. The van der Waals surface area contributed by atoms with Crippen LogP contribution in [0.3, 0.4) is 0 Å². The molecule has 0 aromatic heterocycles. The zero-order valence-corrected chi connectivity index (χ0v) is 13.9. The van der Waals surface area contributed by atoms with Gasteiger partial charge in [-0.15, -0.1) is 0 Å². The SMILES string of the molecule is CCO[Si](C)(Cc1cc(C(F)(F)F)cc(C(F)(F)F)c1)OCC. The van der Waals surface area contributed by atoms with Crippen molar-refractivity contribution >= 4 is 8.56 Å². The van der Waals surface area contributed by atoms with Gasteiger partial charge in [-0.1, -0.05) is 0 Å². The lowest BCUT2D eigenvalue weighted by molar-refractivity contribution is -0.143. The van der Waals surface area contributed by atoms with E-state index in [-0.39, 0.29) is 30.9 Å². The van der Waals surface area contributed by atoms with Crippen LogP contribution in [0.2, 0.25) is 6.55 Å². The van der Waals surface area contributed by atoms with E-state index < -0.39 is 32.0 Å². The molecule has 0 unspecified atom stereocenters. The molecule has 9 heteroatoms. The van der Waals surface area contributed by atoms with E-state index in [1.165, 1.54) is 0 Å². The van der Waals surface area contributed by atoms with Crippen LogP contribution in [0.5, 0.6) is 0 Å². The Hall–Kier alpha value is -1.06. The third-order valence-corrected chi connectivity index (χ3v) is 5.92. The quantitative estimate of drug-likeness (QED) is 0.528. The second-order valence-electron chi connectivity index (χ2n) is 5.09. The van der Waals surface area contributed by atoms with Gasteiger partial charge in [0.2, 0.25) is 0 Å². The first kappa shape index (κ1) is 20.0. The molecule has 0 atom stereocenters. The molecule has 0 bridgehead atoms. The number of hydrogen-bond donors (Lipinski definition) is 0. The Balaban J connectivity index is 3.29. The molecule has 0 saturated carbocycles. The van der Waals surface area contributed by atoms with Gasteiger partial charge in [-0.25, -0.2) is 0 Å². The molecule has 0 spiro atoms. The zero-order valence-electron chi connectivity index (χ0n) is 12.9. The van der Waals surface area contributed by atoms with Crippen LogP contribution in [-0.4, -0.2) is 21.8 Å². The smallest absolute Gasteiger partial charge is 0.394 e. The van der Waals surface area contributed by atoms with Crippen molar-refractivity contribution in [1.82, 2.24) is 0 Å². The molecule has 0 fully saturated rings. The van der Waals surface area contributed by atoms with Crippen LogP contribution in [0.1, 0.15) is 30.5 Å². The monoisotopic (exact) mass is 360 g/mol. The van der Waals surface area contributed by atoms with Crippen LogP contribution >= 0.6 is 0 Å². The van der Waals surface area contributed by atoms with Gasteiger partial charge in [-0.3, -0.25) is 0 Å². The van der Waals surface area contributed by atoms with Crippen molar-refractivity contribution in [3.63, 3.8) is 0 Å². The van der Waals surface area contributed by atoms with Gasteiger partial charge in [-0.2, -0.15) is 26.3 Å². The molecular formula is C14H18F6O2Si. The Morgan fingerprint density at radius 2 is 1.22 bits per heavy atom. The van der Waals surface area contributed by atoms with Gasteiger partial charge in [-0.05, 0) is 44.2 Å².